The lowest BCUT2D eigenvalue weighted by Gasteiger charge is -2.13. The lowest BCUT2D eigenvalue weighted by Crippen LogP contribution is -2.30. The molecule has 4 rings (SSSR count). The number of rotatable bonds is 7. The largest absolute Gasteiger partial charge is 0.493 e. The molecule has 1 aliphatic heterocycles. The number of hydrogen-bond acceptors (Lipinski definition) is 5. The molecule has 36 heavy (non-hydrogen) atoms. The van der Waals surface area contributed by atoms with Crippen molar-refractivity contribution in [1.29, 1.82) is 0 Å². The first-order valence-electron chi connectivity index (χ1n) is 10.4. The summed E-state index contributed by atoms with van der Waals surface area (Å²) < 4.78 is 23.9. The minimum atomic E-state index is -0.612. The van der Waals surface area contributed by atoms with E-state index in [0.717, 1.165) is 4.90 Å². The zero-order chi connectivity index (χ0) is 25.8. The first-order chi connectivity index (χ1) is 17.2. The lowest BCUT2D eigenvalue weighted by atomic mass is 10.1. The van der Waals surface area contributed by atoms with Crippen molar-refractivity contribution in [2.45, 2.75) is 0 Å². The number of amides is 4. The summed E-state index contributed by atoms with van der Waals surface area (Å²) in [5.74, 6) is -1.16. The summed E-state index contributed by atoms with van der Waals surface area (Å²) in [6.45, 7) is -0.390. The molecular weight excluding hydrogens is 512 g/mol. The molecule has 2 N–H and O–H groups in total. The Bertz CT molecular complexity index is 1360. The number of hydrogen-bond donors (Lipinski definition) is 2. The van der Waals surface area contributed by atoms with E-state index < -0.39 is 30.3 Å². The quantitative estimate of drug-likeness (QED) is 0.321. The normalized spacial score (nSPS) is 14.1. The van der Waals surface area contributed by atoms with Crippen molar-refractivity contribution in [3.05, 3.63) is 87.8 Å². The van der Waals surface area contributed by atoms with Gasteiger partial charge in [-0.05, 0) is 72.3 Å². The van der Waals surface area contributed by atoms with Gasteiger partial charge in [0.1, 0.15) is 11.5 Å². The summed E-state index contributed by atoms with van der Waals surface area (Å²) in [5, 5.41) is 5.68. The third kappa shape index (κ3) is 5.59. The highest BCUT2D eigenvalue weighted by Crippen LogP contribution is 2.37. The fourth-order valence-corrected chi connectivity index (χ4v) is 3.76. The van der Waals surface area contributed by atoms with Crippen LogP contribution in [0.15, 0.2) is 66.4 Å². The molecule has 0 aromatic heterocycles. The van der Waals surface area contributed by atoms with Crippen molar-refractivity contribution in [3.8, 4) is 11.5 Å². The number of benzene rings is 3. The van der Waals surface area contributed by atoms with Crippen molar-refractivity contribution < 1.29 is 28.2 Å². The molecule has 1 saturated heterocycles. The Morgan fingerprint density at radius 2 is 1.78 bits per heavy atom. The lowest BCUT2D eigenvalue weighted by molar-refractivity contribution is -0.118. The number of nitrogens with zero attached hydrogens (tertiary/aromatic N) is 1. The second-order valence-corrected chi connectivity index (χ2v) is 8.33. The molecule has 8 nitrogen and oxygen atoms in total. The Morgan fingerprint density at radius 3 is 2.44 bits per heavy atom. The Labute approximate surface area is 215 Å². The van der Waals surface area contributed by atoms with Crippen molar-refractivity contribution >= 4 is 58.5 Å². The molecular formula is C25H18Cl2FN3O5. The summed E-state index contributed by atoms with van der Waals surface area (Å²) in [7, 11) is 1.39. The van der Waals surface area contributed by atoms with Gasteiger partial charge < -0.3 is 20.1 Å². The number of carbonyl (C=O) groups is 3. The molecule has 0 aliphatic carbocycles. The third-order valence-electron chi connectivity index (χ3n) is 5.00. The van der Waals surface area contributed by atoms with Crippen LogP contribution in [0.4, 0.5) is 20.6 Å². The summed E-state index contributed by atoms with van der Waals surface area (Å²) in [6, 6.07) is 13.9. The summed E-state index contributed by atoms with van der Waals surface area (Å²) in [5.41, 5.74) is 1.24. The molecule has 0 saturated carbocycles. The molecule has 1 fully saturated rings. The van der Waals surface area contributed by atoms with Gasteiger partial charge in [-0.2, -0.15) is 0 Å². The van der Waals surface area contributed by atoms with E-state index in [1.54, 1.807) is 24.3 Å². The van der Waals surface area contributed by atoms with Gasteiger partial charge >= 0.3 is 6.03 Å². The molecule has 1 aliphatic rings. The molecule has 0 unspecified atom stereocenters. The monoisotopic (exact) mass is 529 g/mol. The van der Waals surface area contributed by atoms with Gasteiger partial charge in [-0.1, -0.05) is 23.2 Å². The van der Waals surface area contributed by atoms with Crippen LogP contribution in [0.3, 0.4) is 0 Å². The number of halogens is 3. The molecule has 4 amide bonds. The van der Waals surface area contributed by atoms with Gasteiger partial charge in [0, 0.05) is 10.7 Å². The number of carbonyl (C=O) groups excluding carboxylic acids is 3. The van der Waals surface area contributed by atoms with E-state index in [4.69, 9.17) is 32.7 Å². The number of urea groups is 1. The number of nitrogens with one attached hydrogen (secondary N) is 2. The van der Waals surface area contributed by atoms with Gasteiger partial charge in [0.2, 0.25) is 0 Å². The number of ether oxygens (including phenoxy) is 2. The maximum absolute atomic E-state index is 13.0. The molecule has 0 radical (unpaired) electrons. The van der Waals surface area contributed by atoms with Gasteiger partial charge in [0.15, 0.2) is 18.1 Å². The van der Waals surface area contributed by atoms with Crippen LogP contribution in [0.2, 0.25) is 10.0 Å². The predicted molar refractivity (Wildman–Crippen MR) is 134 cm³/mol. The third-order valence-corrected chi connectivity index (χ3v) is 5.53. The highest BCUT2D eigenvalue weighted by molar-refractivity contribution is 6.33. The molecule has 3 aromatic carbocycles. The minimum absolute atomic E-state index is 0.0282. The molecule has 0 atom stereocenters. The predicted octanol–water partition coefficient (Wildman–Crippen LogP) is 5.26. The van der Waals surface area contributed by atoms with Crippen LogP contribution in [0.25, 0.3) is 6.08 Å². The van der Waals surface area contributed by atoms with Gasteiger partial charge in [-0.25, -0.2) is 14.1 Å². The Morgan fingerprint density at radius 1 is 1.08 bits per heavy atom. The number of methoxy groups -OCH3 is 1. The average Bonchev–Trinajstić information content (AvgIpc) is 3.12. The summed E-state index contributed by atoms with van der Waals surface area (Å²) in [4.78, 5) is 38.4. The first kappa shape index (κ1) is 25.0. The first-order valence-corrected chi connectivity index (χ1v) is 11.2. The van der Waals surface area contributed by atoms with E-state index in [2.05, 4.69) is 10.6 Å². The Hall–Kier alpha value is -4.08. The SMILES string of the molecule is COc1cc(/C=C2/NC(=O)N(c3ccc(Cl)cc3)C2=O)cc(Cl)c1OCC(=O)Nc1ccc(F)cc1. The van der Waals surface area contributed by atoms with E-state index in [-0.39, 0.29) is 22.2 Å². The Balaban J connectivity index is 1.49. The van der Waals surface area contributed by atoms with Crippen molar-refractivity contribution in [2.24, 2.45) is 0 Å². The summed E-state index contributed by atoms with van der Waals surface area (Å²) in [6.07, 6.45) is 1.44. The summed E-state index contributed by atoms with van der Waals surface area (Å²) >= 11 is 12.2. The van der Waals surface area contributed by atoms with Crippen LogP contribution in [0, 0.1) is 5.82 Å². The number of anilines is 2. The second kappa shape index (κ2) is 10.7. The van der Waals surface area contributed by atoms with Crippen LogP contribution in [-0.4, -0.2) is 31.6 Å². The molecule has 0 spiro atoms. The maximum Gasteiger partial charge on any atom is 0.333 e. The molecule has 3 aromatic rings. The van der Waals surface area contributed by atoms with E-state index in [1.807, 2.05) is 0 Å². The molecule has 0 bridgehead atoms. The highest BCUT2D eigenvalue weighted by Gasteiger charge is 2.35. The average molecular weight is 530 g/mol. The fourth-order valence-electron chi connectivity index (χ4n) is 3.36. The van der Waals surface area contributed by atoms with Gasteiger partial charge in [0.05, 0.1) is 17.8 Å². The zero-order valence-electron chi connectivity index (χ0n) is 18.7. The van der Waals surface area contributed by atoms with E-state index in [0.29, 0.717) is 22.0 Å². The molecule has 1 heterocycles. The zero-order valence-corrected chi connectivity index (χ0v) is 20.2. The van der Waals surface area contributed by atoms with Crippen LogP contribution >= 0.6 is 23.2 Å². The minimum Gasteiger partial charge on any atom is -0.493 e. The fraction of sp³-hybridized carbons (Fsp3) is 0.0800. The Kier molecular flexibility index (Phi) is 7.42. The van der Waals surface area contributed by atoms with E-state index in [1.165, 1.54) is 49.6 Å². The standard InChI is InChI=1S/C25H18Cl2FN3O5/c1-35-21-12-14(11-20-24(33)31(25(34)30-20)18-8-2-15(26)3-9-18)10-19(27)23(21)36-13-22(32)29-17-6-4-16(28)5-7-17/h2-12H,13H2,1H3,(H,29,32)(H,30,34)/b20-11+. The van der Waals surface area contributed by atoms with E-state index in [9.17, 15) is 18.8 Å². The molecule has 11 heteroatoms. The van der Waals surface area contributed by atoms with Crippen LogP contribution in [-0.2, 0) is 9.59 Å². The van der Waals surface area contributed by atoms with E-state index >= 15 is 0 Å². The number of imide groups is 1. The van der Waals surface area contributed by atoms with Crippen molar-refractivity contribution in [2.75, 3.05) is 23.9 Å². The van der Waals surface area contributed by atoms with Gasteiger partial charge in [-0.15, -0.1) is 0 Å². The van der Waals surface area contributed by atoms with Crippen LogP contribution in [0.5, 0.6) is 11.5 Å². The topological polar surface area (TPSA) is 97.0 Å². The molecule has 184 valence electrons. The van der Waals surface area contributed by atoms with Gasteiger partial charge in [-0.3, -0.25) is 9.59 Å². The second-order valence-electron chi connectivity index (χ2n) is 7.48. The van der Waals surface area contributed by atoms with Crippen LogP contribution < -0.4 is 25.0 Å². The highest BCUT2D eigenvalue weighted by atomic mass is 35.5. The maximum atomic E-state index is 13.0. The van der Waals surface area contributed by atoms with Gasteiger partial charge in [0.25, 0.3) is 11.8 Å². The smallest absolute Gasteiger partial charge is 0.333 e. The van der Waals surface area contributed by atoms with Crippen molar-refractivity contribution in [1.82, 2.24) is 5.32 Å². The van der Waals surface area contributed by atoms with Crippen molar-refractivity contribution in [3.63, 3.8) is 0 Å². The van der Waals surface area contributed by atoms with Crippen LogP contribution in [0.1, 0.15) is 5.56 Å².